The van der Waals surface area contributed by atoms with Gasteiger partial charge in [0.2, 0.25) is 5.69 Å². The Morgan fingerprint density at radius 3 is 2.14 bits per heavy atom. The molecule has 0 radical (unpaired) electrons. The molecule has 7 rings (SSSR count). The molecule has 410 valence electrons. The van der Waals surface area contributed by atoms with Gasteiger partial charge in [-0.1, -0.05) is 25.8 Å². The maximum absolute atomic E-state index is 12.6. The quantitative estimate of drug-likeness (QED) is 0.0145. The third-order valence-electron chi connectivity index (χ3n) is 14.4. The zero-order chi connectivity index (χ0) is 54.8. The van der Waals surface area contributed by atoms with Crippen molar-refractivity contribution in [3.05, 3.63) is 119 Å². The maximum Gasteiger partial charge on any atom is 0.333 e. The Balaban J connectivity index is 1.31. The van der Waals surface area contributed by atoms with Crippen LogP contribution in [0.2, 0.25) is 0 Å². The summed E-state index contributed by atoms with van der Waals surface area (Å²) >= 11 is 0.826. The molecule has 0 saturated carbocycles. The highest BCUT2D eigenvalue weighted by Crippen LogP contribution is 2.51. The number of fused-ring (bicyclic) bond motifs is 2. The number of hydrogen-bond acceptors (Lipinski definition) is 16. The van der Waals surface area contributed by atoms with E-state index in [2.05, 4.69) is 40.5 Å². The topological polar surface area (TPSA) is 248 Å². The lowest BCUT2D eigenvalue weighted by molar-refractivity contribution is -0.777. The maximum atomic E-state index is 12.6. The van der Waals surface area contributed by atoms with Gasteiger partial charge in [0.1, 0.15) is 18.1 Å². The van der Waals surface area contributed by atoms with Gasteiger partial charge in [0.25, 0.3) is 32.1 Å². The Bertz CT molecular complexity index is 3040. The molecule has 2 atom stereocenters. The van der Waals surface area contributed by atoms with Crippen LogP contribution >= 0.6 is 12.0 Å². The number of hydroxylamine groups is 2. The fourth-order valence-corrected chi connectivity index (χ4v) is 11.7. The highest BCUT2D eigenvalue weighted by Gasteiger charge is 2.48. The van der Waals surface area contributed by atoms with Crippen LogP contribution in [0.3, 0.4) is 0 Å². The van der Waals surface area contributed by atoms with E-state index in [1.807, 2.05) is 37.3 Å². The van der Waals surface area contributed by atoms with Crippen LogP contribution in [-0.2, 0) is 69.1 Å². The van der Waals surface area contributed by atoms with E-state index < -0.39 is 48.8 Å². The molecule has 2 unspecified atom stereocenters. The molecular weight excluding hydrogens is 1040 g/mol. The van der Waals surface area contributed by atoms with Crippen LogP contribution < -0.4 is 14.9 Å². The summed E-state index contributed by atoms with van der Waals surface area (Å²) in [6.07, 6.45) is 14.4. The molecule has 2 N–H and O–H groups in total. The van der Waals surface area contributed by atoms with Gasteiger partial charge in [-0.05, 0) is 142 Å². The van der Waals surface area contributed by atoms with E-state index in [0.717, 1.165) is 77.3 Å². The van der Waals surface area contributed by atoms with E-state index in [-0.39, 0.29) is 29.1 Å². The van der Waals surface area contributed by atoms with Gasteiger partial charge in [-0.15, -0.1) is 5.06 Å². The Kier molecular flexibility index (Phi) is 19.4. The number of rotatable bonds is 26. The number of unbranched alkanes of at least 4 members (excludes halogenated alkanes) is 3. The first-order chi connectivity index (χ1) is 36.3. The second kappa shape index (κ2) is 25.3. The van der Waals surface area contributed by atoms with Crippen LogP contribution in [0.4, 0.5) is 11.4 Å². The lowest BCUT2D eigenvalue weighted by Gasteiger charge is -2.30. The molecule has 1 aliphatic carbocycles. The Labute approximate surface area is 448 Å². The third kappa shape index (κ3) is 13.2. The van der Waals surface area contributed by atoms with Crippen LogP contribution in [-0.4, -0.2) is 99.6 Å². The molecule has 0 aromatic heterocycles. The number of benzene rings is 3. The van der Waals surface area contributed by atoms with Crippen molar-refractivity contribution in [3.8, 4) is 5.75 Å². The van der Waals surface area contributed by atoms with Crippen LogP contribution in [0, 0.1) is 0 Å². The molecule has 3 aromatic rings. The second-order valence-corrected chi connectivity index (χ2v) is 23.1. The van der Waals surface area contributed by atoms with Gasteiger partial charge in [0.05, 0.1) is 27.2 Å². The average molecular weight is 1110 g/mol. The molecular formula is C54H65N3O16S3. The van der Waals surface area contributed by atoms with Crippen LogP contribution in [0.25, 0.3) is 0 Å². The second-order valence-electron chi connectivity index (χ2n) is 19.4. The number of amides is 2. The van der Waals surface area contributed by atoms with E-state index in [9.17, 15) is 45.6 Å². The zero-order valence-corrected chi connectivity index (χ0v) is 45.7. The van der Waals surface area contributed by atoms with E-state index >= 15 is 0 Å². The molecule has 22 heteroatoms. The Hall–Kier alpha value is -5.53. The van der Waals surface area contributed by atoms with Gasteiger partial charge in [-0.25, -0.2) is 4.79 Å². The number of hydrogen-bond donors (Lipinski definition) is 2. The lowest BCUT2D eigenvalue weighted by Crippen LogP contribution is -2.33. The van der Waals surface area contributed by atoms with Crippen LogP contribution in [0.1, 0.15) is 115 Å². The number of nitrogens with zero attached hydrogens (tertiary/aromatic N) is 3. The van der Waals surface area contributed by atoms with Crippen molar-refractivity contribution in [3.63, 3.8) is 0 Å². The first-order valence-corrected chi connectivity index (χ1v) is 28.8. The minimum Gasteiger partial charge on any atom is -0.691 e. The molecule has 3 heterocycles. The Morgan fingerprint density at radius 1 is 0.803 bits per heavy atom. The minimum atomic E-state index is -4.59. The minimum absolute atomic E-state index is 0.00891. The summed E-state index contributed by atoms with van der Waals surface area (Å²) in [7, 11) is -5.85. The summed E-state index contributed by atoms with van der Waals surface area (Å²) in [6, 6.07) is 15.9. The molecule has 3 aliphatic heterocycles. The third-order valence-corrected chi connectivity index (χ3v) is 16.7. The summed E-state index contributed by atoms with van der Waals surface area (Å²) < 4.78 is 94.4. The summed E-state index contributed by atoms with van der Waals surface area (Å²) in [5.41, 5.74) is 5.47. The molecule has 1 saturated heterocycles. The number of allylic oxidation sites excluding steroid dienone is 7. The number of imide groups is 1. The standard InChI is InChI=1S/C54H65N3O16S3/c1-6-7-31-55-45-23-19-40(74-73-72-61)35-43(45)53(2,29-33-68-4)47(55)25-15-37-12-11-13-38(52(37)70-39-17-20-41(21-18-39)75(62,63)64)16-26-48-54(3,30-34-69-5)44-36-42(76(65,66)67)22-24-46(44)56(48)32-10-8-9-14-51(60)71-57-49(58)27-28-50(57)59/h15-26,35-36H,6-14,27-34H2,1-5H3,(H2-,61,62,63,64,65,66,67). The molecule has 2 amide bonds. The predicted molar refractivity (Wildman–Crippen MR) is 279 cm³/mol. The van der Waals surface area contributed by atoms with Gasteiger partial charge >= 0.3 is 5.97 Å². The van der Waals surface area contributed by atoms with E-state index in [1.165, 1.54) is 36.4 Å². The molecule has 1 fully saturated rings. The predicted octanol–water partition coefficient (Wildman–Crippen LogP) is 8.47. The van der Waals surface area contributed by atoms with Gasteiger partial charge in [-0.2, -0.15) is 25.7 Å². The van der Waals surface area contributed by atoms with Crippen molar-refractivity contribution in [1.82, 2.24) is 5.06 Å². The monoisotopic (exact) mass is 1110 g/mol. The van der Waals surface area contributed by atoms with Crippen molar-refractivity contribution in [2.45, 2.75) is 130 Å². The summed E-state index contributed by atoms with van der Waals surface area (Å²) in [5.74, 6) is -0.957. The number of anilines is 1. The summed E-state index contributed by atoms with van der Waals surface area (Å²) in [5, 5.41) is 15.0. The zero-order valence-electron chi connectivity index (χ0n) is 43.3. The van der Waals surface area contributed by atoms with Gasteiger partial charge in [0, 0.05) is 99.1 Å². The van der Waals surface area contributed by atoms with Crippen molar-refractivity contribution in [1.29, 1.82) is 0 Å². The normalized spacial score (nSPS) is 21.0. The first-order valence-electron chi connectivity index (χ1n) is 25.2. The molecule has 0 spiro atoms. The van der Waals surface area contributed by atoms with E-state index in [1.54, 1.807) is 20.3 Å². The summed E-state index contributed by atoms with van der Waals surface area (Å²) in [6.45, 7) is 8.19. The SMILES string of the molecule is CCCC[N+]1=C(/C=C/C2=C(Oc3ccc(S(=O)(=O)O)cc3)C(=C/C=C3/N(CCCCCC(=O)ON4C(=O)CCC4=O)c4ccc(S(=O)(=O)O)cc4C3(C)CCOC)/CCC2)C(C)(CCOC)c2cc(SOO[O-])ccc21. The smallest absolute Gasteiger partial charge is 0.333 e. The number of carbonyl (C=O) groups is 3. The van der Waals surface area contributed by atoms with Crippen LogP contribution in [0.15, 0.2) is 122 Å². The molecule has 76 heavy (non-hydrogen) atoms. The fourth-order valence-electron chi connectivity index (χ4n) is 10.3. The van der Waals surface area contributed by atoms with Gasteiger partial charge in [0.15, 0.2) is 5.71 Å². The lowest BCUT2D eigenvalue weighted by atomic mass is 9.76. The number of methoxy groups -OCH3 is 2. The number of carbonyl (C=O) groups excluding carboxylic acids is 3. The van der Waals surface area contributed by atoms with Crippen molar-refractivity contribution < 1.29 is 78.6 Å². The van der Waals surface area contributed by atoms with Crippen molar-refractivity contribution >= 4 is 67.1 Å². The molecule has 3 aromatic carbocycles. The summed E-state index contributed by atoms with van der Waals surface area (Å²) in [4.78, 5) is 44.0. The van der Waals surface area contributed by atoms with Crippen molar-refractivity contribution in [2.24, 2.45) is 0 Å². The van der Waals surface area contributed by atoms with E-state index in [0.29, 0.717) is 91.7 Å². The Morgan fingerprint density at radius 2 is 1.49 bits per heavy atom. The average Bonchev–Trinajstić information content (AvgIpc) is 3.95. The highest BCUT2D eigenvalue weighted by molar-refractivity contribution is 7.94. The number of ether oxygens (including phenoxy) is 3. The highest BCUT2D eigenvalue weighted by atomic mass is 32.2. The van der Waals surface area contributed by atoms with Gasteiger partial charge < -0.3 is 29.2 Å². The van der Waals surface area contributed by atoms with E-state index in [4.69, 9.17) is 23.4 Å². The fraction of sp³-hybridized carbons (Fsp3) is 0.444. The van der Waals surface area contributed by atoms with Crippen LogP contribution in [0.5, 0.6) is 5.75 Å². The van der Waals surface area contributed by atoms with Crippen molar-refractivity contribution in [2.75, 3.05) is 45.4 Å². The first kappa shape index (κ1) is 58.2. The largest absolute Gasteiger partial charge is 0.691 e. The molecule has 19 nitrogen and oxygen atoms in total. The molecule has 4 aliphatic rings. The molecule has 0 bridgehead atoms. The van der Waals surface area contributed by atoms with Gasteiger partial charge in [-0.3, -0.25) is 23.7 Å².